The average Bonchev–Trinajstić information content (AvgIpc) is 3.18. The smallest absolute Gasteiger partial charge is 0.231 e. The van der Waals surface area contributed by atoms with E-state index in [2.05, 4.69) is 24.8 Å². The molecule has 5 rings (SSSR count). The zero-order valence-electron chi connectivity index (χ0n) is 16.3. The van der Waals surface area contributed by atoms with Gasteiger partial charge in [-0.25, -0.2) is 0 Å². The maximum absolute atomic E-state index is 5.75. The second-order valence-electron chi connectivity index (χ2n) is 7.32. The molecule has 2 aromatic carbocycles. The van der Waals surface area contributed by atoms with E-state index in [9.17, 15) is 0 Å². The highest BCUT2D eigenvalue weighted by Gasteiger charge is 2.37. The van der Waals surface area contributed by atoms with Gasteiger partial charge in [-0.3, -0.25) is 4.90 Å². The van der Waals surface area contributed by atoms with Gasteiger partial charge in [0.15, 0.2) is 23.0 Å². The Kier molecular flexibility index (Phi) is 4.05. The van der Waals surface area contributed by atoms with Crippen molar-refractivity contribution in [1.82, 2.24) is 0 Å². The number of ether oxygens (including phenoxy) is 4. The van der Waals surface area contributed by atoms with Crippen molar-refractivity contribution in [2.45, 2.75) is 19.4 Å². The van der Waals surface area contributed by atoms with Gasteiger partial charge in [-0.15, -0.1) is 6.58 Å². The predicted molar refractivity (Wildman–Crippen MR) is 107 cm³/mol. The Morgan fingerprint density at radius 1 is 1.11 bits per heavy atom. The van der Waals surface area contributed by atoms with Crippen LogP contribution in [0.2, 0.25) is 0 Å². The first-order chi connectivity index (χ1) is 13.7. The summed E-state index contributed by atoms with van der Waals surface area (Å²) in [5.74, 6) is 3.31. The summed E-state index contributed by atoms with van der Waals surface area (Å²) in [7, 11) is 3.40. The van der Waals surface area contributed by atoms with Crippen molar-refractivity contribution in [3.63, 3.8) is 0 Å². The Labute approximate surface area is 164 Å². The molecule has 0 spiro atoms. The number of allylic oxidation sites excluding steroid dienone is 2. The van der Waals surface area contributed by atoms with Gasteiger partial charge >= 0.3 is 0 Å². The van der Waals surface area contributed by atoms with E-state index < -0.39 is 0 Å². The minimum atomic E-state index is 0.299. The lowest BCUT2D eigenvalue weighted by Crippen LogP contribution is -3.09. The minimum Gasteiger partial charge on any atom is -0.493 e. The number of fused-ring (bicyclic) bond motifs is 5. The fourth-order valence-corrected chi connectivity index (χ4v) is 4.73. The summed E-state index contributed by atoms with van der Waals surface area (Å²) in [4.78, 5) is 1.45. The van der Waals surface area contributed by atoms with Crippen molar-refractivity contribution in [2.24, 2.45) is 0 Å². The molecule has 144 valence electrons. The standard InChI is InChI=1S/C23H23NO4/c1-4-5-16-15-6-7-19(25-2)23(26-3)18(15)12-24-9-8-14-10-20-21(28-13-27-20)11-17(14)22(16)24/h4,6-7,10-11H,1,5,8-9,12-13H2,2-3H3/p+1. The second-order valence-corrected chi connectivity index (χ2v) is 7.32. The van der Waals surface area contributed by atoms with Crippen molar-refractivity contribution in [3.8, 4) is 23.0 Å². The third-order valence-electron chi connectivity index (χ3n) is 5.93. The lowest BCUT2D eigenvalue weighted by atomic mass is 9.84. The Morgan fingerprint density at radius 3 is 2.68 bits per heavy atom. The van der Waals surface area contributed by atoms with Gasteiger partial charge in [0.05, 0.1) is 26.3 Å². The van der Waals surface area contributed by atoms with Crippen molar-refractivity contribution < 1.29 is 23.8 Å². The van der Waals surface area contributed by atoms with Crippen LogP contribution in [-0.4, -0.2) is 27.6 Å². The van der Waals surface area contributed by atoms with E-state index in [-0.39, 0.29) is 0 Å². The highest BCUT2D eigenvalue weighted by atomic mass is 16.7. The van der Waals surface area contributed by atoms with Crippen molar-refractivity contribution in [3.05, 3.63) is 59.2 Å². The van der Waals surface area contributed by atoms with Crippen molar-refractivity contribution in [1.29, 1.82) is 0 Å². The number of nitrogens with one attached hydrogen (secondary N) is 1. The molecule has 3 aliphatic heterocycles. The van der Waals surface area contributed by atoms with E-state index in [1.54, 1.807) is 14.2 Å². The molecular formula is C23H24NO4+. The quantitative estimate of drug-likeness (QED) is 0.831. The first-order valence-electron chi connectivity index (χ1n) is 9.61. The molecule has 0 aliphatic carbocycles. The Balaban J connectivity index is 1.76. The van der Waals surface area contributed by atoms with Crippen LogP contribution in [0.5, 0.6) is 23.0 Å². The molecule has 0 saturated carbocycles. The zero-order chi connectivity index (χ0) is 19.3. The number of rotatable bonds is 4. The molecule has 3 heterocycles. The molecule has 1 unspecified atom stereocenters. The van der Waals surface area contributed by atoms with Crippen LogP contribution in [0.3, 0.4) is 0 Å². The molecule has 2 aromatic rings. The van der Waals surface area contributed by atoms with Crippen LogP contribution >= 0.6 is 0 Å². The molecule has 28 heavy (non-hydrogen) atoms. The zero-order valence-corrected chi connectivity index (χ0v) is 16.3. The highest BCUT2D eigenvalue weighted by Crippen LogP contribution is 2.44. The van der Waals surface area contributed by atoms with Gasteiger partial charge in [0.2, 0.25) is 6.79 Å². The largest absolute Gasteiger partial charge is 0.493 e. The molecule has 0 fully saturated rings. The molecular weight excluding hydrogens is 354 g/mol. The Morgan fingerprint density at radius 2 is 1.93 bits per heavy atom. The molecule has 0 bridgehead atoms. The number of methoxy groups -OCH3 is 2. The van der Waals surface area contributed by atoms with Crippen LogP contribution < -0.4 is 23.8 Å². The van der Waals surface area contributed by atoms with Gasteiger partial charge in [-0.2, -0.15) is 0 Å². The first-order valence-corrected chi connectivity index (χ1v) is 9.61. The van der Waals surface area contributed by atoms with Crippen molar-refractivity contribution in [2.75, 3.05) is 27.6 Å². The van der Waals surface area contributed by atoms with Gasteiger partial charge in [0.1, 0.15) is 12.2 Å². The van der Waals surface area contributed by atoms with Crippen molar-refractivity contribution >= 4 is 11.3 Å². The van der Waals surface area contributed by atoms with Crippen LogP contribution in [0.4, 0.5) is 0 Å². The SMILES string of the molecule is C=CCC1=C2c3cc4c(cc3CC[NH+]2Cc2c1ccc(OC)c2OC)OCO4. The lowest BCUT2D eigenvalue weighted by Gasteiger charge is -2.35. The van der Waals surface area contributed by atoms with Gasteiger partial charge in [-0.1, -0.05) is 6.08 Å². The number of hydrogen-bond acceptors (Lipinski definition) is 4. The summed E-state index contributed by atoms with van der Waals surface area (Å²) in [5, 5.41) is 0. The molecule has 5 nitrogen and oxygen atoms in total. The molecule has 0 amide bonds. The molecule has 0 radical (unpaired) electrons. The third kappa shape index (κ3) is 2.43. The molecule has 5 heteroatoms. The number of benzene rings is 2. The predicted octanol–water partition coefficient (Wildman–Crippen LogP) is 2.83. The fourth-order valence-electron chi connectivity index (χ4n) is 4.73. The minimum absolute atomic E-state index is 0.299. The van der Waals surface area contributed by atoms with Crippen LogP contribution in [0, 0.1) is 0 Å². The third-order valence-corrected chi connectivity index (χ3v) is 5.93. The topological polar surface area (TPSA) is 41.4 Å². The average molecular weight is 378 g/mol. The molecule has 0 aromatic heterocycles. The maximum atomic E-state index is 5.75. The summed E-state index contributed by atoms with van der Waals surface area (Å²) in [6.45, 7) is 6.21. The summed E-state index contributed by atoms with van der Waals surface area (Å²) < 4.78 is 22.5. The highest BCUT2D eigenvalue weighted by molar-refractivity contribution is 5.92. The number of hydrogen-bond donors (Lipinski definition) is 1. The van der Waals surface area contributed by atoms with Crippen LogP contribution in [0.25, 0.3) is 11.3 Å². The van der Waals surface area contributed by atoms with E-state index >= 15 is 0 Å². The molecule has 3 aliphatic rings. The summed E-state index contributed by atoms with van der Waals surface area (Å²) >= 11 is 0. The first kappa shape index (κ1) is 17.2. The normalized spacial score (nSPS) is 18.9. The molecule has 1 atom stereocenters. The molecule has 0 saturated heterocycles. The van der Waals surface area contributed by atoms with E-state index in [0.29, 0.717) is 6.79 Å². The summed E-state index contributed by atoms with van der Waals surface area (Å²) in [6.07, 6.45) is 3.79. The maximum Gasteiger partial charge on any atom is 0.231 e. The van der Waals surface area contributed by atoms with E-state index in [0.717, 1.165) is 48.9 Å². The Bertz CT molecular complexity index is 1010. The van der Waals surface area contributed by atoms with Gasteiger partial charge < -0.3 is 18.9 Å². The van der Waals surface area contributed by atoms with Crippen LogP contribution in [-0.2, 0) is 13.0 Å². The number of quaternary nitrogens is 1. The van der Waals surface area contributed by atoms with Crippen LogP contribution in [0.1, 0.15) is 28.7 Å². The van der Waals surface area contributed by atoms with Gasteiger partial charge in [0.25, 0.3) is 0 Å². The van der Waals surface area contributed by atoms with E-state index in [4.69, 9.17) is 18.9 Å². The van der Waals surface area contributed by atoms with Gasteiger partial charge in [0, 0.05) is 17.6 Å². The fraction of sp³-hybridized carbons (Fsp3) is 0.304. The summed E-state index contributed by atoms with van der Waals surface area (Å²) in [6, 6.07) is 8.45. The summed E-state index contributed by atoms with van der Waals surface area (Å²) in [5.41, 5.74) is 7.67. The monoisotopic (exact) mass is 378 g/mol. The van der Waals surface area contributed by atoms with Crippen LogP contribution in [0.15, 0.2) is 36.9 Å². The van der Waals surface area contributed by atoms with Gasteiger partial charge in [-0.05, 0) is 41.8 Å². The second kappa shape index (κ2) is 6.60. The lowest BCUT2D eigenvalue weighted by molar-refractivity contribution is -0.842. The van der Waals surface area contributed by atoms with E-state index in [1.165, 1.54) is 38.4 Å². The molecule has 1 N–H and O–H groups in total. The van der Waals surface area contributed by atoms with E-state index in [1.807, 2.05) is 12.1 Å². The Hall–Kier alpha value is -2.92.